The number of para-hydroxylation sites is 2. The van der Waals surface area contributed by atoms with E-state index in [0.717, 1.165) is 23.9 Å². The van der Waals surface area contributed by atoms with Crippen molar-refractivity contribution in [2.24, 2.45) is 5.73 Å². The van der Waals surface area contributed by atoms with Crippen LogP contribution >= 0.6 is 12.4 Å². The number of imidazole rings is 1. The minimum atomic E-state index is -0.121. The zero-order valence-corrected chi connectivity index (χ0v) is 15.0. The van der Waals surface area contributed by atoms with E-state index in [1.807, 2.05) is 28.8 Å². The molecular weight excluding hydrogens is 356 g/mol. The number of carbonyl (C=O) groups excluding carboxylic acids is 1. The minimum absolute atomic E-state index is 0. The first-order valence-corrected chi connectivity index (χ1v) is 8.44. The first kappa shape index (κ1) is 18.3. The number of nitrogens with one attached hydrogen (secondary N) is 1. The average Bonchev–Trinajstić information content (AvgIpc) is 3.25. The van der Waals surface area contributed by atoms with Crippen LogP contribution in [-0.4, -0.2) is 33.4 Å². The van der Waals surface area contributed by atoms with Gasteiger partial charge < -0.3 is 20.0 Å². The molecule has 1 amide bonds. The highest BCUT2D eigenvalue weighted by atomic mass is 35.5. The molecule has 1 aromatic carbocycles. The van der Waals surface area contributed by atoms with Crippen LogP contribution in [0, 0.1) is 0 Å². The molecule has 138 valence electrons. The Morgan fingerprint density at radius 3 is 2.62 bits per heavy atom. The third-order valence-corrected chi connectivity index (χ3v) is 4.81. The topological polar surface area (TPSA) is 97.3 Å². The molecule has 7 nitrogen and oxygen atoms in total. The third kappa shape index (κ3) is 3.15. The smallest absolute Gasteiger partial charge is 0.326 e. The van der Waals surface area contributed by atoms with E-state index in [1.54, 1.807) is 17.0 Å². The number of rotatable bonds is 3. The van der Waals surface area contributed by atoms with E-state index >= 15 is 0 Å². The summed E-state index contributed by atoms with van der Waals surface area (Å²) in [5, 5.41) is 0. The Balaban J connectivity index is 0.00000196. The van der Waals surface area contributed by atoms with Gasteiger partial charge in [-0.15, -0.1) is 12.4 Å². The van der Waals surface area contributed by atoms with Crippen LogP contribution in [-0.2, 0) is 6.54 Å². The molecule has 3 heterocycles. The Bertz CT molecular complexity index is 966. The van der Waals surface area contributed by atoms with Crippen molar-refractivity contribution in [3.63, 3.8) is 0 Å². The molecule has 0 atom stereocenters. The molecule has 0 radical (unpaired) electrons. The SMILES string of the molecule is Cl.NCc1ccc(C(=O)N2CCC(n3c(=O)[nH]c4ccccc43)CC2)o1. The number of carbonyl (C=O) groups is 1. The third-order valence-electron chi connectivity index (χ3n) is 4.81. The molecule has 1 aliphatic rings. The van der Waals surface area contributed by atoms with E-state index in [-0.39, 0.29) is 36.6 Å². The molecule has 26 heavy (non-hydrogen) atoms. The molecule has 1 aliphatic heterocycles. The van der Waals surface area contributed by atoms with E-state index in [9.17, 15) is 9.59 Å². The normalized spacial score (nSPS) is 15.2. The maximum atomic E-state index is 12.5. The van der Waals surface area contributed by atoms with Crippen LogP contribution < -0.4 is 11.4 Å². The van der Waals surface area contributed by atoms with Crippen molar-refractivity contribution in [1.82, 2.24) is 14.5 Å². The van der Waals surface area contributed by atoms with Crippen molar-refractivity contribution in [3.8, 4) is 0 Å². The molecule has 0 unspecified atom stereocenters. The number of benzene rings is 1. The summed E-state index contributed by atoms with van der Waals surface area (Å²) in [5.74, 6) is 0.802. The Morgan fingerprint density at radius 2 is 1.92 bits per heavy atom. The maximum Gasteiger partial charge on any atom is 0.326 e. The number of aromatic nitrogens is 2. The van der Waals surface area contributed by atoms with Gasteiger partial charge in [0.15, 0.2) is 5.76 Å². The summed E-state index contributed by atoms with van der Waals surface area (Å²) in [6.45, 7) is 1.46. The minimum Gasteiger partial charge on any atom is -0.455 e. The van der Waals surface area contributed by atoms with Gasteiger partial charge in [-0.05, 0) is 37.1 Å². The fraction of sp³-hybridized carbons (Fsp3) is 0.333. The number of furan rings is 1. The second-order valence-electron chi connectivity index (χ2n) is 6.31. The van der Waals surface area contributed by atoms with E-state index < -0.39 is 0 Å². The van der Waals surface area contributed by atoms with Gasteiger partial charge >= 0.3 is 5.69 Å². The van der Waals surface area contributed by atoms with Crippen molar-refractivity contribution in [3.05, 3.63) is 58.4 Å². The van der Waals surface area contributed by atoms with Crippen molar-refractivity contribution in [1.29, 1.82) is 0 Å². The van der Waals surface area contributed by atoms with Crippen LogP contribution in [0.5, 0.6) is 0 Å². The highest BCUT2D eigenvalue weighted by molar-refractivity contribution is 5.91. The van der Waals surface area contributed by atoms with Gasteiger partial charge in [-0.25, -0.2) is 4.79 Å². The number of H-pyrrole nitrogens is 1. The summed E-state index contributed by atoms with van der Waals surface area (Å²) < 4.78 is 7.26. The van der Waals surface area contributed by atoms with Crippen LogP contribution in [0.1, 0.15) is 35.2 Å². The number of aromatic amines is 1. The summed E-state index contributed by atoms with van der Waals surface area (Å²) in [6, 6.07) is 11.2. The van der Waals surface area contributed by atoms with E-state index in [2.05, 4.69) is 4.98 Å². The quantitative estimate of drug-likeness (QED) is 0.732. The molecule has 8 heteroatoms. The lowest BCUT2D eigenvalue weighted by atomic mass is 10.0. The fourth-order valence-corrected chi connectivity index (χ4v) is 3.52. The Kier molecular flexibility index (Phi) is 5.20. The first-order valence-electron chi connectivity index (χ1n) is 8.44. The first-order chi connectivity index (χ1) is 12.2. The van der Waals surface area contributed by atoms with Gasteiger partial charge in [-0.2, -0.15) is 0 Å². The molecule has 3 aromatic rings. The molecule has 0 bridgehead atoms. The number of fused-ring (bicyclic) bond motifs is 1. The molecule has 0 aliphatic carbocycles. The van der Waals surface area contributed by atoms with Crippen molar-refractivity contribution in [2.75, 3.05) is 13.1 Å². The summed E-state index contributed by atoms with van der Waals surface area (Å²) in [4.78, 5) is 29.5. The van der Waals surface area contributed by atoms with Crippen LogP contribution in [0.25, 0.3) is 11.0 Å². The fourth-order valence-electron chi connectivity index (χ4n) is 3.52. The van der Waals surface area contributed by atoms with Gasteiger partial charge in [-0.3, -0.25) is 9.36 Å². The molecule has 3 N–H and O–H groups in total. The molecule has 0 saturated carbocycles. The largest absolute Gasteiger partial charge is 0.455 e. The Hall–Kier alpha value is -2.51. The molecular formula is C18H21ClN4O3. The summed E-state index contributed by atoms with van der Waals surface area (Å²) in [5.41, 5.74) is 7.18. The van der Waals surface area contributed by atoms with Crippen molar-refractivity contribution < 1.29 is 9.21 Å². The van der Waals surface area contributed by atoms with Gasteiger partial charge in [0, 0.05) is 19.1 Å². The summed E-state index contributed by atoms with van der Waals surface area (Å²) in [6.07, 6.45) is 1.47. The number of hydrogen-bond acceptors (Lipinski definition) is 4. The monoisotopic (exact) mass is 376 g/mol. The number of likely N-dealkylation sites (tertiary alicyclic amines) is 1. The number of hydrogen-bond donors (Lipinski definition) is 2. The van der Waals surface area contributed by atoms with Crippen LogP contribution in [0.2, 0.25) is 0 Å². The summed E-state index contributed by atoms with van der Waals surface area (Å²) in [7, 11) is 0. The van der Waals surface area contributed by atoms with Gasteiger partial charge in [-0.1, -0.05) is 12.1 Å². The van der Waals surface area contributed by atoms with Gasteiger partial charge in [0.05, 0.1) is 17.6 Å². The highest BCUT2D eigenvalue weighted by Gasteiger charge is 2.27. The Labute approximate surface area is 156 Å². The standard InChI is InChI=1S/C18H20N4O3.ClH/c19-11-13-5-6-16(25-13)17(23)21-9-7-12(8-10-21)22-15-4-2-1-3-14(15)20-18(22)24;/h1-6,12H,7-11,19H2,(H,20,24);1H. The lowest BCUT2D eigenvalue weighted by Crippen LogP contribution is -2.40. The lowest BCUT2D eigenvalue weighted by Gasteiger charge is -2.32. The highest BCUT2D eigenvalue weighted by Crippen LogP contribution is 2.25. The predicted octanol–water partition coefficient (Wildman–Crippen LogP) is 2.28. The van der Waals surface area contributed by atoms with Crippen LogP contribution in [0.15, 0.2) is 45.6 Å². The van der Waals surface area contributed by atoms with Crippen LogP contribution in [0.4, 0.5) is 0 Å². The second-order valence-corrected chi connectivity index (χ2v) is 6.31. The van der Waals surface area contributed by atoms with Gasteiger partial charge in [0.1, 0.15) is 5.76 Å². The summed E-state index contributed by atoms with van der Waals surface area (Å²) >= 11 is 0. The lowest BCUT2D eigenvalue weighted by molar-refractivity contribution is 0.0661. The van der Waals surface area contributed by atoms with Gasteiger partial charge in [0.25, 0.3) is 5.91 Å². The molecule has 1 fully saturated rings. The number of halogens is 1. The van der Waals surface area contributed by atoms with E-state index in [1.165, 1.54) is 0 Å². The van der Waals surface area contributed by atoms with E-state index in [4.69, 9.17) is 10.2 Å². The molecule has 1 saturated heterocycles. The predicted molar refractivity (Wildman–Crippen MR) is 101 cm³/mol. The van der Waals surface area contributed by atoms with E-state index in [0.29, 0.717) is 24.6 Å². The zero-order valence-electron chi connectivity index (χ0n) is 14.2. The number of nitrogens with two attached hydrogens (primary N) is 1. The second kappa shape index (κ2) is 7.39. The number of amides is 1. The van der Waals surface area contributed by atoms with Crippen LogP contribution in [0.3, 0.4) is 0 Å². The molecule has 2 aromatic heterocycles. The zero-order chi connectivity index (χ0) is 17.4. The van der Waals surface area contributed by atoms with Crippen molar-refractivity contribution >= 4 is 29.3 Å². The molecule has 0 spiro atoms. The number of nitrogens with zero attached hydrogens (tertiary/aromatic N) is 2. The Morgan fingerprint density at radius 1 is 1.19 bits per heavy atom. The van der Waals surface area contributed by atoms with Crippen molar-refractivity contribution in [2.45, 2.75) is 25.4 Å². The van der Waals surface area contributed by atoms with Gasteiger partial charge in [0.2, 0.25) is 0 Å². The average molecular weight is 377 g/mol. The maximum absolute atomic E-state index is 12.5. The molecule has 4 rings (SSSR count). The number of piperidine rings is 1.